The topological polar surface area (TPSA) is 33.6 Å². The lowest BCUT2D eigenvalue weighted by Crippen LogP contribution is -2.45. The quantitative estimate of drug-likeness (QED) is 0.824. The number of aromatic nitrogens is 3. The van der Waals surface area contributed by atoms with Crippen LogP contribution in [0, 0.1) is 10.2 Å². The van der Waals surface area contributed by atoms with Crippen molar-refractivity contribution in [3.05, 3.63) is 44.9 Å². The summed E-state index contributed by atoms with van der Waals surface area (Å²) in [5.74, 6) is 1.07. The number of benzene rings is 1. The molecule has 5 heteroatoms. The van der Waals surface area contributed by atoms with E-state index in [4.69, 9.17) is 12.2 Å². The summed E-state index contributed by atoms with van der Waals surface area (Å²) in [6, 6.07) is 8.78. The Hall–Kier alpha value is -0.940. The molecule has 3 nitrogen and oxygen atoms in total. The van der Waals surface area contributed by atoms with E-state index < -0.39 is 0 Å². The SMILES string of the molecule is Cn1c(CC2(c3cccc(Br)c3)CC3(CC3)C2)n[nH]c1=S. The third-order valence-electron chi connectivity index (χ3n) is 5.29. The predicted octanol–water partition coefficient (Wildman–Crippen LogP) is 4.29. The molecule has 0 unspecified atom stereocenters. The number of H-pyrrole nitrogens is 1. The van der Waals surface area contributed by atoms with Gasteiger partial charge in [0, 0.05) is 23.4 Å². The first-order valence-corrected chi connectivity index (χ1v) is 8.59. The van der Waals surface area contributed by atoms with Gasteiger partial charge in [0.15, 0.2) is 4.77 Å². The molecule has 2 aromatic rings. The Labute approximate surface area is 137 Å². The van der Waals surface area contributed by atoms with Crippen LogP contribution in [0.2, 0.25) is 0 Å². The summed E-state index contributed by atoms with van der Waals surface area (Å²) in [4.78, 5) is 0. The van der Waals surface area contributed by atoms with Gasteiger partial charge in [-0.3, -0.25) is 5.10 Å². The molecule has 0 atom stereocenters. The van der Waals surface area contributed by atoms with Crippen molar-refractivity contribution in [2.75, 3.05) is 0 Å². The van der Waals surface area contributed by atoms with Gasteiger partial charge in [0.25, 0.3) is 0 Å². The first kappa shape index (κ1) is 13.7. The van der Waals surface area contributed by atoms with E-state index in [2.05, 4.69) is 50.4 Å². The van der Waals surface area contributed by atoms with E-state index in [-0.39, 0.29) is 5.41 Å². The average molecular weight is 364 g/mol. The van der Waals surface area contributed by atoms with Crippen molar-refractivity contribution >= 4 is 28.1 Å². The van der Waals surface area contributed by atoms with Crippen molar-refractivity contribution < 1.29 is 0 Å². The molecule has 0 aliphatic heterocycles. The number of nitrogens with zero attached hydrogens (tertiary/aromatic N) is 2. The number of halogens is 1. The number of aromatic amines is 1. The van der Waals surface area contributed by atoms with Gasteiger partial charge in [0.2, 0.25) is 0 Å². The Balaban J connectivity index is 1.71. The molecule has 0 bridgehead atoms. The molecule has 1 aromatic heterocycles. The van der Waals surface area contributed by atoms with Crippen molar-refractivity contribution in [2.45, 2.75) is 37.5 Å². The minimum absolute atomic E-state index is 0.231. The highest BCUT2D eigenvalue weighted by molar-refractivity contribution is 9.10. The number of hydrogen-bond donors (Lipinski definition) is 1. The third-order valence-corrected chi connectivity index (χ3v) is 6.15. The minimum atomic E-state index is 0.231. The highest BCUT2D eigenvalue weighted by Crippen LogP contribution is 2.69. The van der Waals surface area contributed by atoms with Gasteiger partial charge in [-0.1, -0.05) is 28.1 Å². The van der Waals surface area contributed by atoms with Crippen LogP contribution < -0.4 is 0 Å². The van der Waals surface area contributed by atoms with Crippen molar-refractivity contribution in [1.29, 1.82) is 0 Å². The lowest BCUT2D eigenvalue weighted by molar-refractivity contribution is 0.115. The lowest BCUT2D eigenvalue weighted by atomic mass is 9.55. The van der Waals surface area contributed by atoms with E-state index in [1.807, 2.05) is 11.6 Å². The summed E-state index contributed by atoms with van der Waals surface area (Å²) in [5, 5.41) is 7.35. The van der Waals surface area contributed by atoms with Crippen LogP contribution in [-0.4, -0.2) is 14.8 Å². The molecule has 110 valence electrons. The monoisotopic (exact) mass is 363 g/mol. The highest BCUT2D eigenvalue weighted by Gasteiger charge is 2.61. The molecule has 1 aromatic carbocycles. The second-order valence-corrected chi connectivity index (χ2v) is 8.13. The van der Waals surface area contributed by atoms with E-state index in [0.29, 0.717) is 10.2 Å². The zero-order valence-corrected chi connectivity index (χ0v) is 14.4. The summed E-state index contributed by atoms with van der Waals surface area (Å²) in [6.07, 6.45) is 6.35. The first-order chi connectivity index (χ1) is 10.0. The zero-order valence-electron chi connectivity index (χ0n) is 12.0. The Morgan fingerprint density at radius 1 is 1.38 bits per heavy atom. The molecule has 21 heavy (non-hydrogen) atoms. The standard InChI is InChI=1S/C16H18BrN3S/c1-20-13(18-19-14(20)21)8-16(9-15(10-16)5-6-15)11-3-2-4-12(17)7-11/h2-4,7H,5-6,8-10H2,1H3,(H,19,21). The van der Waals surface area contributed by atoms with Crippen LogP contribution in [0.4, 0.5) is 0 Å². The summed E-state index contributed by atoms with van der Waals surface area (Å²) < 4.78 is 3.87. The average Bonchev–Trinajstić information content (AvgIpc) is 3.15. The second kappa shape index (κ2) is 4.53. The molecule has 1 N–H and O–H groups in total. The lowest BCUT2D eigenvalue weighted by Gasteiger charge is -2.49. The summed E-state index contributed by atoms with van der Waals surface area (Å²) in [5.41, 5.74) is 2.31. The van der Waals surface area contributed by atoms with Gasteiger partial charge in [-0.2, -0.15) is 5.10 Å². The van der Waals surface area contributed by atoms with Crippen molar-refractivity contribution in [3.8, 4) is 0 Å². The van der Waals surface area contributed by atoms with Gasteiger partial charge >= 0.3 is 0 Å². The molecule has 1 spiro atoms. The van der Waals surface area contributed by atoms with Gasteiger partial charge in [-0.25, -0.2) is 0 Å². The van der Waals surface area contributed by atoms with Gasteiger partial charge in [-0.05, 0) is 61.0 Å². The summed E-state index contributed by atoms with van der Waals surface area (Å²) >= 11 is 8.86. The molecule has 0 amide bonds. The fourth-order valence-electron chi connectivity index (χ4n) is 4.00. The molecule has 2 fully saturated rings. The molecule has 4 rings (SSSR count). The van der Waals surface area contributed by atoms with Gasteiger partial charge < -0.3 is 4.57 Å². The van der Waals surface area contributed by atoms with Gasteiger partial charge in [0.05, 0.1) is 0 Å². The van der Waals surface area contributed by atoms with E-state index in [1.54, 1.807) is 0 Å². The predicted molar refractivity (Wildman–Crippen MR) is 88.8 cm³/mol. The van der Waals surface area contributed by atoms with Crippen molar-refractivity contribution in [3.63, 3.8) is 0 Å². The van der Waals surface area contributed by atoms with Crippen LogP contribution in [0.25, 0.3) is 0 Å². The fraction of sp³-hybridized carbons (Fsp3) is 0.500. The van der Waals surface area contributed by atoms with Crippen molar-refractivity contribution in [2.24, 2.45) is 12.5 Å². The summed E-state index contributed by atoms with van der Waals surface area (Å²) in [7, 11) is 2.00. The summed E-state index contributed by atoms with van der Waals surface area (Å²) in [6.45, 7) is 0. The molecule has 2 aliphatic rings. The van der Waals surface area contributed by atoms with E-state index >= 15 is 0 Å². The third kappa shape index (κ3) is 2.21. The number of rotatable bonds is 3. The van der Waals surface area contributed by atoms with Crippen LogP contribution >= 0.6 is 28.1 Å². The number of nitrogens with one attached hydrogen (secondary N) is 1. The maximum Gasteiger partial charge on any atom is 0.194 e. The normalized spacial score (nSPS) is 21.2. The van der Waals surface area contributed by atoms with E-state index in [9.17, 15) is 0 Å². The largest absolute Gasteiger partial charge is 0.307 e. The minimum Gasteiger partial charge on any atom is -0.307 e. The van der Waals surface area contributed by atoms with Gasteiger partial charge in [-0.15, -0.1) is 0 Å². The highest BCUT2D eigenvalue weighted by atomic mass is 79.9. The van der Waals surface area contributed by atoms with Crippen LogP contribution in [0.15, 0.2) is 28.7 Å². The first-order valence-electron chi connectivity index (χ1n) is 7.38. The Bertz CT molecular complexity index is 749. The maximum absolute atomic E-state index is 5.25. The molecule has 2 saturated carbocycles. The van der Waals surface area contributed by atoms with Gasteiger partial charge in [0.1, 0.15) is 5.82 Å². The Morgan fingerprint density at radius 3 is 2.71 bits per heavy atom. The van der Waals surface area contributed by atoms with Crippen LogP contribution in [0.5, 0.6) is 0 Å². The maximum atomic E-state index is 5.25. The zero-order chi connectivity index (χ0) is 14.7. The van der Waals surface area contributed by atoms with Crippen molar-refractivity contribution in [1.82, 2.24) is 14.8 Å². The molecular formula is C16H18BrN3S. The van der Waals surface area contributed by atoms with Crippen LogP contribution in [0.3, 0.4) is 0 Å². The molecule has 2 aliphatic carbocycles. The van der Waals surface area contributed by atoms with E-state index in [0.717, 1.165) is 16.7 Å². The van der Waals surface area contributed by atoms with Crippen LogP contribution in [-0.2, 0) is 18.9 Å². The Kier molecular flexibility index (Phi) is 2.95. The Morgan fingerprint density at radius 2 is 2.14 bits per heavy atom. The number of hydrogen-bond acceptors (Lipinski definition) is 2. The molecule has 1 heterocycles. The second-order valence-electron chi connectivity index (χ2n) is 6.83. The fourth-order valence-corrected chi connectivity index (χ4v) is 4.55. The van der Waals surface area contributed by atoms with Crippen LogP contribution in [0.1, 0.15) is 37.1 Å². The smallest absolute Gasteiger partial charge is 0.194 e. The van der Waals surface area contributed by atoms with E-state index in [1.165, 1.54) is 31.2 Å². The molecule has 0 saturated heterocycles. The molecule has 0 radical (unpaired) electrons. The molecular weight excluding hydrogens is 346 g/mol.